The lowest BCUT2D eigenvalue weighted by Crippen LogP contribution is -2.35. The van der Waals surface area contributed by atoms with Crippen LogP contribution in [0.3, 0.4) is 0 Å². The maximum absolute atomic E-state index is 13.7. The van der Waals surface area contributed by atoms with Crippen LogP contribution in [0.15, 0.2) is 66.7 Å². The number of halogens is 2. The SMILES string of the molecule is COc1ccc(F)cc1-c1cccc(C(=O)NCCNC(=O)c2ccccc2F)c1. The molecule has 3 aromatic rings. The van der Waals surface area contributed by atoms with Gasteiger partial charge in [0.1, 0.15) is 17.4 Å². The van der Waals surface area contributed by atoms with Gasteiger partial charge in [0.05, 0.1) is 12.7 Å². The highest BCUT2D eigenvalue weighted by molar-refractivity contribution is 5.96. The van der Waals surface area contributed by atoms with Crippen LogP contribution in [-0.4, -0.2) is 32.0 Å². The van der Waals surface area contributed by atoms with Gasteiger partial charge in [-0.15, -0.1) is 0 Å². The number of methoxy groups -OCH3 is 1. The summed E-state index contributed by atoms with van der Waals surface area (Å²) >= 11 is 0. The van der Waals surface area contributed by atoms with Gasteiger partial charge < -0.3 is 15.4 Å². The minimum atomic E-state index is -0.608. The van der Waals surface area contributed by atoms with Crippen LogP contribution >= 0.6 is 0 Å². The Bertz CT molecular complexity index is 1070. The standard InChI is InChI=1S/C23H20F2N2O3/c1-30-21-10-9-17(24)14-19(21)15-5-4-6-16(13-15)22(28)26-11-12-27-23(29)18-7-2-3-8-20(18)25/h2-10,13-14H,11-12H2,1H3,(H,26,28)(H,27,29). The third-order valence-electron chi connectivity index (χ3n) is 4.41. The maximum atomic E-state index is 13.7. The summed E-state index contributed by atoms with van der Waals surface area (Å²) in [5.74, 6) is -1.44. The quantitative estimate of drug-likeness (QED) is 0.583. The third kappa shape index (κ3) is 5.00. The minimum absolute atomic E-state index is 0.0550. The van der Waals surface area contributed by atoms with Crippen molar-refractivity contribution < 1.29 is 23.1 Å². The topological polar surface area (TPSA) is 67.4 Å². The Morgan fingerprint density at radius 3 is 2.33 bits per heavy atom. The molecule has 0 aliphatic rings. The monoisotopic (exact) mass is 410 g/mol. The van der Waals surface area contributed by atoms with Crippen molar-refractivity contribution in [2.45, 2.75) is 0 Å². The molecule has 154 valence electrons. The van der Waals surface area contributed by atoms with Crippen molar-refractivity contribution in [2.24, 2.45) is 0 Å². The first-order chi connectivity index (χ1) is 14.5. The molecule has 0 heterocycles. The van der Waals surface area contributed by atoms with Crippen molar-refractivity contribution in [1.82, 2.24) is 10.6 Å². The van der Waals surface area contributed by atoms with Gasteiger partial charge in [0, 0.05) is 24.2 Å². The summed E-state index contributed by atoms with van der Waals surface area (Å²) in [6, 6.07) is 16.5. The van der Waals surface area contributed by atoms with Gasteiger partial charge in [-0.05, 0) is 48.0 Å². The number of hydrogen-bond acceptors (Lipinski definition) is 3. The van der Waals surface area contributed by atoms with E-state index in [0.29, 0.717) is 22.4 Å². The Hall–Kier alpha value is -3.74. The van der Waals surface area contributed by atoms with Gasteiger partial charge in [-0.3, -0.25) is 9.59 Å². The Morgan fingerprint density at radius 2 is 1.60 bits per heavy atom. The van der Waals surface area contributed by atoms with Crippen LogP contribution in [0.25, 0.3) is 11.1 Å². The molecule has 3 rings (SSSR count). The third-order valence-corrected chi connectivity index (χ3v) is 4.41. The highest BCUT2D eigenvalue weighted by Gasteiger charge is 2.12. The van der Waals surface area contributed by atoms with E-state index < -0.39 is 17.5 Å². The molecular weight excluding hydrogens is 390 g/mol. The Kier molecular flexibility index (Phi) is 6.75. The van der Waals surface area contributed by atoms with E-state index in [-0.39, 0.29) is 24.6 Å². The second-order valence-electron chi connectivity index (χ2n) is 6.42. The van der Waals surface area contributed by atoms with Crippen LogP contribution in [0.5, 0.6) is 5.75 Å². The zero-order chi connectivity index (χ0) is 21.5. The lowest BCUT2D eigenvalue weighted by molar-refractivity contribution is 0.0925. The summed E-state index contributed by atoms with van der Waals surface area (Å²) < 4.78 is 32.5. The van der Waals surface area contributed by atoms with Crippen LogP contribution in [0, 0.1) is 11.6 Å². The van der Waals surface area contributed by atoms with E-state index in [9.17, 15) is 18.4 Å². The average Bonchev–Trinajstić information content (AvgIpc) is 2.76. The summed E-state index contributed by atoms with van der Waals surface area (Å²) in [5.41, 5.74) is 1.48. The van der Waals surface area contributed by atoms with Crippen LogP contribution in [0.1, 0.15) is 20.7 Å². The molecule has 5 nitrogen and oxygen atoms in total. The Morgan fingerprint density at radius 1 is 0.867 bits per heavy atom. The molecule has 0 atom stereocenters. The molecule has 3 aromatic carbocycles. The van der Waals surface area contributed by atoms with E-state index in [4.69, 9.17) is 4.74 Å². The lowest BCUT2D eigenvalue weighted by Gasteiger charge is -2.11. The normalized spacial score (nSPS) is 10.4. The van der Waals surface area contributed by atoms with E-state index in [2.05, 4.69) is 10.6 Å². The van der Waals surface area contributed by atoms with Gasteiger partial charge >= 0.3 is 0 Å². The van der Waals surface area contributed by atoms with Gasteiger partial charge in [-0.1, -0.05) is 24.3 Å². The largest absolute Gasteiger partial charge is 0.496 e. The van der Waals surface area contributed by atoms with E-state index in [0.717, 1.165) is 0 Å². The molecule has 0 aromatic heterocycles. The van der Waals surface area contributed by atoms with Crippen molar-refractivity contribution in [3.8, 4) is 16.9 Å². The first kappa shape index (κ1) is 21.0. The van der Waals surface area contributed by atoms with E-state index >= 15 is 0 Å². The number of carbonyl (C=O) groups is 2. The molecule has 2 amide bonds. The number of rotatable bonds is 7. The molecule has 0 aliphatic carbocycles. The maximum Gasteiger partial charge on any atom is 0.254 e. The number of benzene rings is 3. The Balaban J connectivity index is 1.60. The van der Waals surface area contributed by atoms with Crippen molar-refractivity contribution in [1.29, 1.82) is 0 Å². The summed E-state index contributed by atoms with van der Waals surface area (Å²) in [7, 11) is 1.49. The molecule has 7 heteroatoms. The Labute approximate surface area is 172 Å². The highest BCUT2D eigenvalue weighted by Crippen LogP contribution is 2.31. The van der Waals surface area contributed by atoms with Gasteiger partial charge in [0.15, 0.2) is 0 Å². The van der Waals surface area contributed by atoms with Crippen LogP contribution < -0.4 is 15.4 Å². The number of hydrogen-bond donors (Lipinski definition) is 2. The molecule has 0 saturated carbocycles. The zero-order valence-electron chi connectivity index (χ0n) is 16.2. The van der Waals surface area contributed by atoms with Crippen molar-refractivity contribution in [3.05, 3.63) is 89.5 Å². The number of amides is 2. The highest BCUT2D eigenvalue weighted by atomic mass is 19.1. The van der Waals surface area contributed by atoms with Gasteiger partial charge in [-0.2, -0.15) is 0 Å². The van der Waals surface area contributed by atoms with Crippen molar-refractivity contribution in [2.75, 3.05) is 20.2 Å². The molecule has 30 heavy (non-hydrogen) atoms. The van der Waals surface area contributed by atoms with Crippen molar-refractivity contribution >= 4 is 11.8 Å². The molecule has 0 unspecified atom stereocenters. The smallest absolute Gasteiger partial charge is 0.254 e. The summed E-state index contributed by atoms with van der Waals surface area (Å²) in [6.07, 6.45) is 0. The number of ether oxygens (including phenoxy) is 1. The van der Waals surface area contributed by atoms with Gasteiger partial charge in [-0.25, -0.2) is 8.78 Å². The van der Waals surface area contributed by atoms with E-state index in [1.807, 2.05) is 0 Å². The molecule has 0 spiro atoms. The molecule has 0 saturated heterocycles. The second kappa shape index (κ2) is 9.65. The molecular formula is C23H20F2N2O3. The predicted molar refractivity (Wildman–Crippen MR) is 109 cm³/mol. The summed E-state index contributed by atoms with van der Waals surface area (Å²) in [5, 5.41) is 5.24. The predicted octanol–water partition coefficient (Wildman–Crippen LogP) is 3.80. The van der Waals surface area contributed by atoms with E-state index in [1.165, 1.54) is 43.5 Å². The lowest BCUT2D eigenvalue weighted by atomic mass is 10.0. The van der Waals surface area contributed by atoms with Crippen molar-refractivity contribution in [3.63, 3.8) is 0 Å². The fourth-order valence-corrected chi connectivity index (χ4v) is 2.93. The molecule has 2 N–H and O–H groups in total. The first-order valence-electron chi connectivity index (χ1n) is 9.24. The van der Waals surface area contributed by atoms with E-state index in [1.54, 1.807) is 30.3 Å². The van der Waals surface area contributed by atoms with Crippen LogP contribution in [-0.2, 0) is 0 Å². The molecule has 0 radical (unpaired) electrons. The number of nitrogens with one attached hydrogen (secondary N) is 2. The van der Waals surface area contributed by atoms with Gasteiger partial charge in [0.25, 0.3) is 11.8 Å². The molecule has 0 bridgehead atoms. The molecule has 0 aliphatic heterocycles. The fourth-order valence-electron chi connectivity index (χ4n) is 2.93. The average molecular weight is 410 g/mol. The van der Waals surface area contributed by atoms with Crippen LogP contribution in [0.4, 0.5) is 8.78 Å². The summed E-state index contributed by atoms with van der Waals surface area (Å²) in [4.78, 5) is 24.4. The fraction of sp³-hybridized carbons (Fsp3) is 0.130. The van der Waals surface area contributed by atoms with Crippen LogP contribution in [0.2, 0.25) is 0 Å². The summed E-state index contributed by atoms with van der Waals surface area (Å²) in [6.45, 7) is 0.295. The second-order valence-corrected chi connectivity index (χ2v) is 6.42. The van der Waals surface area contributed by atoms with Gasteiger partial charge in [0.2, 0.25) is 0 Å². The zero-order valence-corrected chi connectivity index (χ0v) is 16.2. The number of carbonyl (C=O) groups excluding carboxylic acids is 2. The minimum Gasteiger partial charge on any atom is -0.496 e. The molecule has 0 fully saturated rings. The first-order valence-corrected chi connectivity index (χ1v) is 9.24.